The van der Waals surface area contributed by atoms with Gasteiger partial charge in [0.2, 0.25) is 5.91 Å². The van der Waals surface area contributed by atoms with Crippen LogP contribution in [0.1, 0.15) is 123 Å². The van der Waals surface area contributed by atoms with E-state index in [-0.39, 0.29) is 73.8 Å². The highest BCUT2D eigenvalue weighted by Crippen LogP contribution is 2.82. The van der Waals surface area contributed by atoms with Crippen molar-refractivity contribution in [1.82, 2.24) is 14.9 Å². The molecule has 16 nitrogen and oxygen atoms in total. The van der Waals surface area contributed by atoms with Crippen LogP contribution in [0.3, 0.4) is 0 Å². The van der Waals surface area contributed by atoms with Crippen molar-refractivity contribution in [3.63, 3.8) is 0 Å². The minimum absolute atomic E-state index is 0.0384. The van der Waals surface area contributed by atoms with E-state index in [4.69, 9.17) is 4.74 Å². The number of nitrogens with one attached hydrogen (secondary N) is 1. The molecule has 82 heavy (non-hydrogen) atoms. The van der Waals surface area contributed by atoms with Gasteiger partial charge in [-0.1, -0.05) is 67.9 Å². The Balaban J connectivity index is 1.03. The molecular formula is C64H90N4O12S2. The number of aliphatic hydroxyl groups excluding tert-OH is 5. The maximum atomic E-state index is 16.6. The number of carbonyl (C=O) groups excluding carboxylic acids is 2. The van der Waals surface area contributed by atoms with E-state index in [2.05, 4.69) is 43.2 Å². The first-order chi connectivity index (χ1) is 39.1. The molecule has 2 saturated heterocycles. The number of ketones is 1. The van der Waals surface area contributed by atoms with E-state index in [1.54, 1.807) is 35.6 Å². The molecule has 2 aromatic rings. The van der Waals surface area contributed by atoms with Crippen LogP contribution in [0.25, 0.3) is 0 Å². The lowest BCUT2D eigenvalue weighted by Gasteiger charge is -2.74. The highest BCUT2D eigenvalue weighted by atomic mass is 33.1. The van der Waals surface area contributed by atoms with Crippen LogP contribution >= 0.6 is 21.6 Å². The molecule has 18 heteroatoms. The predicted molar refractivity (Wildman–Crippen MR) is 312 cm³/mol. The fourth-order valence-corrected chi connectivity index (χ4v) is 25.2. The Bertz CT molecular complexity index is 2890. The molecule has 6 saturated carbocycles. The minimum Gasteiger partial charge on any atom is -0.508 e. The van der Waals surface area contributed by atoms with E-state index in [9.17, 15) is 46.0 Å². The van der Waals surface area contributed by atoms with Crippen molar-refractivity contribution in [2.24, 2.45) is 85.8 Å². The normalized spacial score (nSPS) is 48.9. The maximum absolute atomic E-state index is 16.6. The van der Waals surface area contributed by atoms with Gasteiger partial charge in [0.25, 0.3) is 0 Å². The third-order valence-electron chi connectivity index (χ3n) is 26.2. The molecule has 5 spiro atoms. The summed E-state index contributed by atoms with van der Waals surface area (Å²) in [4.78, 5) is 39.0. The SMILES string of the molecule is CNCC1CCC2(CN3C(=O)C24C(CO)CCCC4CSSC(O)C24CC(O)C(O)(CO)C5(CCC(Cn6ccnc6)C5)C2(C)C2CC5C=CCC(O)(C6OC6C(C)C(C)C)C6CCC(O)(C2=CC4=O)C56CCc2cc(O)cc3c2)C1O. The van der Waals surface area contributed by atoms with E-state index in [0.29, 0.717) is 101 Å². The van der Waals surface area contributed by atoms with Crippen molar-refractivity contribution in [3.8, 4) is 5.75 Å². The maximum Gasteiger partial charge on any atom is 0.234 e. The summed E-state index contributed by atoms with van der Waals surface area (Å²) >= 11 is 0. The molecule has 450 valence electrons. The van der Waals surface area contributed by atoms with Crippen LogP contribution in [0.2, 0.25) is 0 Å². The fourth-order valence-electron chi connectivity index (χ4n) is 22.2. The Morgan fingerprint density at radius 3 is 2.50 bits per heavy atom. The predicted octanol–water partition coefficient (Wildman–Crippen LogP) is 5.94. The van der Waals surface area contributed by atoms with Gasteiger partial charge in [-0.15, -0.1) is 0 Å². The number of hydrogen-bond acceptors (Lipinski definition) is 16. The summed E-state index contributed by atoms with van der Waals surface area (Å²) in [6, 6.07) is 5.32. The molecule has 6 heterocycles. The quantitative estimate of drug-likeness (QED) is 0.0791. The van der Waals surface area contributed by atoms with Crippen molar-refractivity contribution < 1.29 is 60.3 Å². The first-order valence-corrected chi connectivity index (χ1v) is 33.5. The summed E-state index contributed by atoms with van der Waals surface area (Å²) in [7, 11) is 4.38. The highest BCUT2D eigenvalue weighted by Gasteiger charge is 2.84. The Morgan fingerprint density at radius 1 is 0.963 bits per heavy atom. The van der Waals surface area contributed by atoms with Gasteiger partial charge in [-0.2, -0.15) is 0 Å². The molecule has 1 aromatic heterocycles. The molecule has 1 amide bonds. The Hall–Kier alpha value is -2.85. The summed E-state index contributed by atoms with van der Waals surface area (Å²) in [5, 5.41) is 120. The molecule has 15 rings (SSSR count). The Morgan fingerprint density at radius 2 is 1.77 bits per heavy atom. The zero-order valence-corrected chi connectivity index (χ0v) is 50.2. The largest absolute Gasteiger partial charge is 0.508 e. The number of phenols is 1. The number of aromatic hydroxyl groups is 1. The minimum atomic E-state index is -2.14. The summed E-state index contributed by atoms with van der Waals surface area (Å²) in [6.45, 7) is 8.68. The van der Waals surface area contributed by atoms with Crippen LogP contribution in [0.5, 0.6) is 5.75 Å². The molecule has 10 N–H and O–H groups in total. The van der Waals surface area contributed by atoms with Crippen molar-refractivity contribution in [1.29, 1.82) is 0 Å². The van der Waals surface area contributed by atoms with E-state index in [0.717, 1.165) is 22.8 Å². The number of amides is 1. The molecule has 22 atom stereocenters. The lowest BCUT2D eigenvalue weighted by atomic mass is 9.31. The first kappa shape index (κ1) is 58.2. The highest BCUT2D eigenvalue weighted by molar-refractivity contribution is 8.76. The van der Waals surface area contributed by atoms with Crippen LogP contribution in [0.4, 0.5) is 5.69 Å². The third kappa shape index (κ3) is 7.32. The average molecular weight is 1170 g/mol. The topological polar surface area (TPSA) is 262 Å². The lowest BCUT2D eigenvalue weighted by molar-refractivity contribution is -0.310. The molecule has 22 unspecified atom stereocenters. The molecule has 8 fully saturated rings. The summed E-state index contributed by atoms with van der Waals surface area (Å²) in [5.74, 6) is -2.78. The number of imidazole rings is 1. The fraction of sp³-hybridized carbons (Fsp3) is 0.766. The smallest absolute Gasteiger partial charge is 0.234 e. The van der Waals surface area contributed by atoms with E-state index in [1.165, 1.54) is 10.8 Å². The summed E-state index contributed by atoms with van der Waals surface area (Å²) < 4.78 is 8.61. The number of rotatable bonds is 9. The second kappa shape index (κ2) is 20.1. The zero-order chi connectivity index (χ0) is 58.0. The van der Waals surface area contributed by atoms with Gasteiger partial charge in [-0.25, -0.2) is 4.98 Å². The molecule has 13 aliphatic rings. The molecule has 1 aromatic carbocycles. The molecule has 8 bridgehead atoms. The monoisotopic (exact) mass is 1170 g/mol. The van der Waals surface area contributed by atoms with Crippen molar-refractivity contribution in [2.75, 3.05) is 44.0 Å². The number of hydrogen-bond donors (Lipinski definition) is 10. The number of anilines is 1. The van der Waals surface area contributed by atoms with E-state index < -0.39 is 115 Å². The van der Waals surface area contributed by atoms with Crippen LogP contribution in [-0.4, -0.2) is 153 Å². The summed E-state index contributed by atoms with van der Waals surface area (Å²) in [5.41, 5.74) is -13.1. The Labute approximate surface area is 490 Å². The van der Waals surface area contributed by atoms with Crippen LogP contribution in [0.15, 0.2) is 60.7 Å². The van der Waals surface area contributed by atoms with Gasteiger partial charge in [-0.3, -0.25) is 9.59 Å². The number of phenolic OH excluding ortho intramolecular Hbond substituents is 1. The lowest BCUT2D eigenvalue weighted by Crippen LogP contribution is -2.79. The van der Waals surface area contributed by atoms with Gasteiger partial charge >= 0.3 is 0 Å². The number of nitrogens with zero attached hydrogens (tertiary/aromatic N) is 3. The van der Waals surface area contributed by atoms with Gasteiger partial charge < -0.3 is 65.5 Å². The average Bonchev–Trinajstić information content (AvgIpc) is 1.04. The number of benzene rings is 1. The zero-order valence-electron chi connectivity index (χ0n) is 48.5. The van der Waals surface area contributed by atoms with Gasteiger partial charge in [0.1, 0.15) is 28.5 Å². The van der Waals surface area contributed by atoms with E-state index >= 15 is 9.59 Å². The number of epoxide rings is 1. The van der Waals surface area contributed by atoms with Crippen molar-refractivity contribution >= 4 is 39.0 Å². The summed E-state index contributed by atoms with van der Waals surface area (Å²) in [6.07, 6.45) is 13.7. The number of ether oxygens (including phenoxy) is 1. The second-order valence-electron chi connectivity index (χ2n) is 28.8. The molecular weight excluding hydrogens is 1080 g/mol. The van der Waals surface area contributed by atoms with Crippen LogP contribution in [-0.2, 0) is 27.3 Å². The van der Waals surface area contributed by atoms with Gasteiger partial charge in [0.05, 0.1) is 47.7 Å². The van der Waals surface area contributed by atoms with Crippen molar-refractivity contribution in [2.45, 2.75) is 177 Å². The van der Waals surface area contributed by atoms with Gasteiger partial charge in [-0.05, 0) is 179 Å². The van der Waals surface area contributed by atoms with Gasteiger partial charge in [0, 0.05) is 78.3 Å². The van der Waals surface area contributed by atoms with Gasteiger partial charge in [0.15, 0.2) is 5.78 Å². The Kier molecular flexibility index (Phi) is 14.3. The number of aryl methyl sites for hydroxylation is 1. The van der Waals surface area contributed by atoms with Crippen molar-refractivity contribution in [3.05, 3.63) is 66.3 Å². The number of aromatic nitrogens is 2. The van der Waals surface area contributed by atoms with Crippen LogP contribution < -0.4 is 10.2 Å². The number of aliphatic hydroxyl groups is 8. The standard InChI is InChI=1S/C64H90N4O12S2/c1-36(2)37(3)51-53(80-51)61(77)15-7-10-41-24-46-47-26-49(72)60(28-50(73)63(79,34-70)58(56(46,60)4)17-11-39(27-58)30-67-21-20-66-35-67)55(76)82-81-32-43-9-6-8-42(31-69)64(43)54(75)68(33-57(64)16-13-40(29-65-5)52(57)74)44-22-38(23-45(71)25-44)12-18-59(41)48(61)14-19-62(47,59)78/h7,10,20-23,25-26,35-37,39-43,46,48,50-53,55,65,69-71,73-74,76-79H,6,8-9,11-19,24,27-34H2,1-5H3. The number of carbonyl (C=O) groups is 2. The van der Waals surface area contributed by atoms with E-state index in [1.807, 2.05) is 30.8 Å². The number of fused-ring (bicyclic) bond motifs is 1. The molecule has 8 aliphatic carbocycles. The third-order valence-corrected chi connectivity index (χ3v) is 28.8. The van der Waals surface area contributed by atoms with Crippen LogP contribution in [0, 0.1) is 85.8 Å². The molecule has 5 aliphatic heterocycles. The first-order valence-electron chi connectivity index (χ1n) is 31.1. The second-order valence-corrected chi connectivity index (χ2v) is 31.3. The molecule has 0 radical (unpaired) electrons. The number of allylic oxidation sites excluding steroid dienone is 2.